The van der Waals surface area contributed by atoms with Gasteiger partial charge in [-0.2, -0.15) is 0 Å². The second-order valence-corrected chi connectivity index (χ2v) is 10.4. The van der Waals surface area contributed by atoms with Gasteiger partial charge in [-0.05, 0) is 49.5 Å². The van der Waals surface area contributed by atoms with Gasteiger partial charge in [-0.25, -0.2) is 0 Å². The number of halogens is 1. The summed E-state index contributed by atoms with van der Waals surface area (Å²) in [5.74, 6) is 1.79. The number of nitrogens with zero attached hydrogens (tertiary/aromatic N) is 6. The Kier molecular flexibility index (Phi) is 11.0. The Morgan fingerprint density at radius 2 is 1.64 bits per heavy atom. The van der Waals surface area contributed by atoms with Gasteiger partial charge in [-0.15, -0.1) is 10.2 Å². The number of carbonyl (C=O) groups is 2. The van der Waals surface area contributed by atoms with Gasteiger partial charge < -0.3 is 29.1 Å². The van der Waals surface area contributed by atoms with Gasteiger partial charge in [0.25, 0.3) is 5.91 Å². The molecule has 42 heavy (non-hydrogen) atoms. The minimum Gasteiger partial charge on any atom is -0.497 e. The smallest absolute Gasteiger partial charge is 0.255 e. The summed E-state index contributed by atoms with van der Waals surface area (Å²) >= 11 is 6.33. The molecule has 0 aliphatic carbocycles. The van der Waals surface area contributed by atoms with Crippen LogP contribution in [0.25, 0.3) is 11.3 Å². The number of benzene rings is 2. The fourth-order valence-corrected chi connectivity index (χ4v) is 5.17. The Bertz CT molecular complexity index is 1340. The Morgan fingerprint density at radius 1 is 0.905 bits per heavy atom. The topological polar surface area (TPSA) is 91.3 Å². The highest BCUT2D eigenvalue weighted by Crippen LogP contribution is 2.32. The second-order valence-electron chi connectivity index (χ2n) is 9.94. The highest BCUT2D eigenvalue weighted by molar-refractivity contribution is 6.33. The van der Waals surface area contributed by atoms with Crippen molar-refractivity contribution in [2.75, 3.05) is 78.0 Å². The lowest BCUT2D eigenvalue weighted by molar-refractivity contribution is -0.132. The summed E-state index contributed by atoms with van der Waals surface area (Å²) in [5.41, 5.74) is 1.93. The molecule has 0 N–H and O–H groups in total. The van der Waals surface area contributed by atoms with E-state index in [0.29, 0.717) is 67.0 Å². The number of hydrogen-bond acceptors (Lipinski definition) is 8. The van der Waals surface area contributed by atoms with Gasteiger partial charge in [-0.1, -0.05) is 37.6 Å². The number of aromatic nitrogens is 2. The predicted octanol–water partition coefficient (Wildman–Crippen LogP) is 3.95. The first-order chi connectivity index (χ1) is 20.4. The third kappa shape index (κ3) is 7.49. The summed E-state index contributed by atoms with van der Waals surface area (Å²) in [5, 5.41) is 9.27. The van der Waals surface area contributed by atoms with Crippen molar-refractivity contribution >= 4 is 29.2 Å². The number of amides is 2. The van der Waals surface area contributed by atoms with Crippen LogP contribution in [0, 0.1) is 0 Å². The van der Waals surface area contributed by atoms with Crippen LogP contribution in [0.4, 0.5) is 5.82 Å². The van der Waals surface area contributed by atoms with Crippen LogP contribution < -0.4 is 14.4 Å². The Morgan fingerprint density at radius 3 is 2.26 bits per heavy atom. The maximum atomic E-state index is 13.4. The van der Waals surface area contributed by atoms with Crippen LogP contribution in [0.15, 0.2) is 54.6 Å². The first kappa shape index (κ1) is 31.1. The largest absolute Gasteiger partial charge is 0.497 e. The van der Waals surface area contributed by atoms with Crippen molar-refractivity contribution in [1.29, 1.82) is 0 Å². The molecule has 1 aromatic heterocycles. The standard InChI is InChI=1S/C31H39ClN6O4/c1-5-35(6-2)15-16-38(31(40)24-9-7-8-10-26(24)32)22-30(39)37-19-17-36(18-20-37)29-14-13-27(33-34-29)25-12-11-23(41-3)21-28(25)42-4/h7-14,21H,5-6,15-20,22H2,1-4H3. The summed E-state index contributed by atoms with van der Waals surface area (Å²) in [6.07, 6.45) is 0. The summed E-state index contributed by atoms with van der Waals surface area (Å²) in [6, 6.07) is 16.4. The molecule has 0 unspecified atom stereocenters. The van der Waals surface area contributed by atoms with E-state index in [-0.39, 0.29) is 18.4 Å². The molecule has 0 bridgehead atoms. The molecule has 10 nitrogen and oxygen atoms in total. The van der Waals surface area contributed by atoms with Crippen LogP contribution in [0.2, 0.25) is 5.02 Å². The van der Waals surface area contributed by atoms with Crippen molar-refractivity contribution in [1.82, 2.24) is 24.9 Å². The number of rotatable bonds is 12. The second kappa shape index (κ2) is 14.8. The average molecular weight is 595 g/mol. The summed E-state index contributed by atoms with van der Waals surface area (Å²) < 4.78 is 10.8. The molecular weight excluding hydrogens is 556 g/mol. The third-order valence-corrected chi connectivity index (χ3v) is 7.92. The van der Waals surface area contributed by atoms with E-state index >= 15 is 0 Å². The lowest BCUT2D eigenvalue weighted by Gasteiger charge is -2.36. The molecule has 2 aromatic carbocycles. The number of hydrogen-bond donors (Lipinski definition) is 0. The van der Waals surface area contributed by atoms with Crippen molar-refractivity contribution in [3.8, 4) is 22.8 Å². The molecule has 0 radical (unpaired) electrons. The maximum absolute atomic E-state index is 13.4. The van der Waals surface area contributed by atoms with Crippen molar-refractivity contribution in [3.63, 3.8) is 0 Å². The van der Waals surface area contributed by atoms with Gasteiger partial charge >= 0.3 is 0 Å². The molecule has 0 atom stereocenters. The zero-order valence-corrected chi connectivity index (χ0v) is 25.5. The number of likely N-dealkylation sites (N-methyl/N-ethyl adjacent to an activating group) is 1. The molecule has 1 aliphatic heterocycles. The van der Waals surface area contributed by atoms with Crippen molar-refractivity contribution in [3.05, 3.63) is 65.2 Å². The quantitative estimate of drug-likeness (QED) is 0.311. The fraction of sp³-hybridized carbons (Fsp3) is 0.419. The van der Waals surface area contributed by atoms with Gasteiger partial charge in [0, 0.05) is 50.9 Å². The van der Waals surface area contributed by atoms with Gasteiger partial charge in [0.2, 0.25) is 5.91 Å². The molecular formula is C31H39ClN6O4. The number of methoxy groups -OCH3 is 2. The van der Waals surface area contributed by atoms with Crippen LogP contribution in [0.5, 0.6) is 11.5 Å². The molecule has 0 spiro atoms. The first-order valence-corrected chi connectivity index (χ1v) is 14.6. The van der Waals surface area contributed by atoms with E-state index in [9.17, 15) is 9.59 Å². The van der Waals surface area contributed by atoms with Crippen LogP contribution in [0.1, 0.15) is 24.2 Å². The zero-order chi connectivity index (χ0) is 30.1. The van der Waals surface area contributed by atoms with Crippen LogP contribution >= 0.6 is 11.6 Å². The number of carbonyl (C=O) groups excluding carboxylic acids is 2. The molecule has 1 saturated heterocycles. The lowest BCUT2D eigenvalue weighted by Crippen LogP contribution is -2.52. The Labute approximate surface area is 252 Å². The van der Waals surface area contributed by atoms with E-state index < -0.39 is 0 Å². The number of ether oxygens (including phenoxy) is 2. The van der Waals surface area contributed by atoms with Crippen LogP contribution in [-0.2, 0) is 4.79 Å². The minimum absolute atomic E-state index is 0.00349. The fourth-order valence-electron chi connectivity index (χ4n) is 4.96. The van der Waals surface area contributed by atoms with Crippen LogP contribution in [-0.4, -0.2) is 110 Å². The SMILES string of the molecule is CCN(CC)CCN(CC(=O)N1CCN(c2ccc(-c3ccc(OC)cc3OC)nn2)CC1)C(=O)c1ccccc1Cl. The zero-order valence-electron chi connectivity index (χ0n) is 24.8. The summed E-state index contributed by atoms with van der Waals surface area (Å²) in [4.78, 5) is 34.6. The normalized spacial score (nSPS) is 13.3. The van der Waals surface area contributed by atoms with E-state index in [1.165, 1.54) is 0 Å². The lowest BCUT2D eigenvalue weighted by atomic mass is 10.1. The Balaban J connectivity index is 1.38. The van der Waals surface area contributed by atoms with Gasteiger partial charge in [0.05, 0.1) is 30.5 Å². The highest BCUT2D eigenvalue weighted by atomic mass is 35.5. The molecule has 2 amide bonds. The molecule has 4 rings (SSSR count). The first-order valence-electron chi connectivity index (χ1n) is 14.2. The van der Waals surface area contributed by atoms with E-state index in [1.54, 1.807) is 43.4 Å². The predicted molar refractivity (Wildman–Crippen MR) is 165 cm³/mol. The van der Waals surface area contributed by atoms with Gasteiger partial charge in [0.1, 0.15) is 18.0 Å². The molecule has 224 valence electrons. The van der Waals surface area contributed by atoms with Crippen molar-refractivity contribution in [2.24, 2.45) is 0 Å². The van der Waals surface area contributed by atoms with E-state index in [0.717, 1.165) is 24.5 Å². The molecule has 0 saturated carbocycles. The average Bonchev–Trinajstić information content (AvgIpc) is 3.04. The van der Waals surface area contributed by atoms with E-state index in [2.05, 4.69) is 33.8 Å². The number of piperazine rings is 1. The van der Waals surface area contributed by atoms with E-state index in [1.807, 2.05) is 35.2 Å². The van der Waals surface area contributed by atoms with Crippen molar-refractivity contribution in [2.45, 2.75) is 13.8 Å². The summed E-state index contributed by atoms with van der Waals surface area (Å²) in [7, 11) is 3.22. The minimum atomic E-state index is -0.233. The van der Waals surface area contributed by atoms with E-state index in [4.69, 9.17) is 21.1 Å². The highest BCUT2D eigenvalue weighted by Gasteiger charge is 2.27. The van der Waals surface area contributed by atoms with Gasteiger partial charge in [-0.3, -0.25) is 9.59 Å². The molecule has 11 heteroatoms. The third-order valence-electron chi connectivity index (χ3n) is 7.59. The molecule has 2 heterocycles. The Hall–Kier alpha value is -3.89. The molecule has 1 aliphatic rings. The summed E-state index contributed by atoms with van der Waals surface area (Å²) in [6.45, 7) is 9.33. The molecule has 1 fully saturated rings. The monoisotopic (exact) mass is 594 g/mol. The maximum Gasteiger partial charge on any atom is 0.255 e. The van der Waals surface area contributed by atoms with Gasteiger partial charge in [0.15, 0.2) is 5.82 Å². The van der Waals surface area contributed by atoms with Crippen LogP contribution in [0.3, 0.4) is 0 Å². The van der Waals surface area contributed by atoms with Crippen molar-refractivity contribution < 1.29 is 19.1 Å². The molecule has 3 aromatic rings. The number of anilines is 1.